The van der Waals surface area contributed by atoms with Gasteiger partial charge < -0.3 is 15.4 Å². The van der Waals surface area contributed by atoms with E-state index >= 15 is 0 Å². The van der Waals surface area contributed by atoms with Gasteiger partial charge in [-0.25, -0.2) is 4.79 Å². The van der Waals surface area contributed by atoms with Gasteiger partial charge in [-0.2, -0.15) is 0 Å². The number of rotatable bonds is 6. The molecule has 0 saturated heterocycles. The van der Waals surface area contributed by atoms with Crippen LogP contribution in [0, 0.1) is 0 Å². The fraction of sp³-hybridized carbons (Fsp3) is 0.235. The van der Waals surface area contributed by atoms with Crippen LogP contribution in [0.15, 0.2) is 53.4 Å². The fourth-order valence-corrected chi connectivity index (χ4v) is 2.42. The predicted molar refractivity (Wildman–Crippen MR) is 90.3 cm³/mol. The van der Waals surface area contributed by atoms with Gasteiger partial charge in [0, 0.05) is 23.5 Å². The van der Waals surface area contributed by atoms with E-state index in [1.54, 1.807) is 18.9 Å². The molecule has 0 aliphatic carbocycles. The van der Waals surface area contributed by atoms with Crippen molar-refractivity contribution in [3.63, 3.8) is 0 Å². The number of nitrogens with one attached hydrogen (secondary N) is 2. The zero-order valence-corrected chi connectivity index (χ0v) is 13.6. The Labute approximate surface area is 135 Å². The van der Waals surface area contributed by atoms with Crippen molar-refractivity contribution in [2.75, 3.05) is 13.4 Å². The molecule has 0 radical (unpaired) electrons. The lowest BCUT2D eigenvalue weighted by atomic mass is 10.2. The zero-order valence-electron chi connectivity index (χ0n) is 12.8. The van der Waals surface area contributed by atoms with E-state index in [4.69, 9.17) is 4.74 Å². The third kappa shape index (κ3) is 4.70. The largest absolute Gasteiger partial charge is 0.496 e. The van der Waals surface area contributed by atoms with E-state index in [0.717, 1.165) is 16.9 Å². The first kappa shape index (κ1) is 16.2. The number of amides is 2. The standard InChI is InChI=1S/C17H20N2O2S/c1-21-16-6-4-3-5-14(16)12-19-17(20)18-11-13-7-9-15(22-2)10-8-13/h3-10H,11-12H2,1-2H3,(H2,18,19,20). The van der Waals surface area contributed by atoms with Crippen LogP contribution in [-0.4, -0.2) is 19.4 Å². The molecule has 116 valence electrons. The third-order valence-electron chi connectivity index (χ3n) is 3.24. The summed E-state index contributed by atoms with van der Waals surface area (Å²) in [7, 11) is 1.62. The SMILES string of the molecule is COc1ccccc1CNC(=O)NCc1ccc(SC)cc1. The summed E-state index contributed by atoms with van der Waals surface area (Å²) in [5.74, 6) is 0.774. The minimum absolute atomic E-state index is 0.195. The Morgan fingerprint density at radius 3 is 2.41 bits per heavy atom. The lowest BCUT2D eigenvalue weighted by molar-refractivity contribution is 0.240. The van der Waals surface area contributed by atoms with E-state index in [9.17, 15) is 4.79 Å². The normalized spacial score (nSPS) is 10.1. The molecule has 0 heterocycles. The van der Waals surface area contributed by atoms with Gasteiger partial charge in [0.25, 0.3) is 0 Å². The Morgan fingerprint density at radius 1 is 1.05 bits per heavy atom. The van der Waals surface area contributed by atoms with Crippen molar-refractivity contribution < 1.29 is 9.53 Å². The number of hydrogen-bond acceptors (Lipinski definition) is 3. The molecule has 0 aromatic heterocycles. The molecule has 22 heavy (non-hydrogen) atoms. The molecule has 5 heteroatoms. The highest BCUT2D eigenvalue weighted by Gasteiger charge is 2.04. The number of carbonyl (C=O) groups excluding carboxylic acids is 1. The maximum Gasteiger partial charge on any atom is 0.315 e. The topological polar surface area (TPSA) is 50.4 Å². The number of methoxy groups -OCH3 is 1. The Balaban J connectivity index is 1.80. The first-order valence-corrected chi connectivity index (χ1v) is 8.22. The van der Waals surface area contributed by atoms with Crippen LogP contribution in [0.3, 0.4) is 0 Å². The number of benzene rings is 2. The summed E-state index contributed by atoms with van der Waals surface area (Å²) in [4.78, 5) is 13.1. The summed E-state index contributed by atoms with van der Waals surface area (Å²) in [6, 6.07) is 15.6. The molecule has 0 atom stereocenters. The van der Waals surface area contributed by atoms with Gasteiger partial charge in [-0.15, -0.1) is 11.8 Å². The average Bonchev–Trinajstić information content (AvgIpc) is 2.58. The third-order valence-corrected chi connectivity index (χ3v) is 3.99. The van der Waals surface area contributed by atoms with Crippen molar-refractivity contribution in [2.24, 2.45) is 0 Å². The number of ether oxygens (including phenoxy) is 1. The quantitative estimate of drug-likeness (QED) is 0.803. The highest BCUT2D eigenvalue weighted by molar-refractivity contribution is 7.98. The monoisotopic (exact) mass is 316 g/mol. The van der Waals surface area contributed by atoms with Crippen molar-refractivity contribution >= 4 is 17.8 Å². The van der Waals surface area contributed by atoms with Crippen molar-refractivity contribution in [1.82, 2.24) is 10.6 Å². The Hall–Kier alpha value is -2.14. The lowest BCUT2D eigenvalue weighted by Gasteiger charge is -2.10. The maximum absolute atomic E-state index is 11.8. The van der Waals surface area contributed by atoms with Crippen LogP contribution in [0.4, 0.5) is 4.79 Å². The molecule has 0 unspecified atom stereocenters. The van der Waals surface area contributed by atoms with E-state index in [1.165, 1.54) is 4.90 Å². The van der Waals surface area contributed by atoms with Gasteiger partial charge >= 0.3 is 6.03 Å². The second-order valence-electron chi connectivity index (χ2n) is 4.70. The van der Waals surface area contributed by atoms with Gasteiger partial charge in [-0.1, -0.05) is 30.3 Å². The molecule has 0 spiro atoms. The summed E-state index contributed by atoms with van der Waals surface area (Å²) in [6.45, 7) is 0.938. The van der Waals surface area contributed by atoms with Gasteiger partial charge in [0.2, 0.25) is 0 Å². The molecule has 0 aliphatic heterocycles. The maximum atomic E-state index is 11.8. The van der Waals surface area contributed by atoms with Crippen LogP contribution in [0.2, 0.25) is 0 Å². The van der Waals surface area contributed by atoms with Gasteiger partial charge in [0.05, 0.1) is 7.11 Å². The summed E-state index contributed by atoms with van der Waals surface area (Å²) >= 11 is 1.70. The first-order chi connectivity index (χ1) is 10.7. The summed E-state index contributed by atoms with van der Waals surface area (Å²) in [6.07, 6.45) is 2.04. The Morgan fingerprint density at radius 2 is 1.73 bits per heavy atom. The summed E-state index contributed by atoms with van der Waals surface area (Å²) in [5.41, 5.74) is 2.02. The minimum atomic E-state index is -0.195. The summed E-state index contributed by atoms with van der Waals surface area (Å²) < 4.78 is 5.26. The highest BCUT2D eigenvalue weighted by atomic mass is 32.2. The molecule has 2 N–H and O–H groups in total. The molecule has 2 amide bonds. The molecule has 4 nitrogen and oxygen atoms in total. The van der Waals surface area contributed by atoms with Crippen molar-refractivity contribution in [3.05, 3.63) is 59.7 Å². The van der Waals surface area contributed by atoms with Crippen LogP contribution >= 0.6 is 11.8 Å². The molecule has 2 aromatic carbocycles. The summed E-state index contributed by atoms with van der Waals surface area (Å²) in [5, 5.41) is 5.68. The molecule has 0 fully saturated rings. The number of urea groups is 1. The molecule has 0 saturated carbocycles. The molecule has 2 rings (SSSR count). The predicted octanol–water partition coefficient (Wildman–Crippen LogP) is 3.42. The highest BCUT2D eigenvalue weighted by Crippen LogP contribution is 2.16. The van der Waals surface area contributed by atoms with Crippen LogP contribution in [0.1, 0.15) is 11.1 Å². The van der Waals surface area contributed by atoms with Crippen molar-refractivity contribution in [2.45, 2.75) is 18.0 Å². The van der Waals surface area contributed by atoms with Crippen molar-refractivity contribution in [3.8, 4) is 5.75 Å². The number of carbonyl (C=O) groups is 1. The Bertz CT molecular complexity index is 614. The Kier molecular flexibility index (Phi) is 6.15. The molecular weight excluding hydrogens is 296 g/mol. The molecular formula is C17H20N2O2S. The molecule has 0 aliphatic rings. The lowest BCUT2D eigenvalue weighted by Crippen LogP contribution is -2.34. The van der Waals surface area contributed by atoms with E-state index in [2.05, 4.69) is 22.8 Å². The van der Waals surface area contributed by atoms with E-state index in [1.807, 2.05) is 42.7 Å². The number of thioether (sulfide) groups is 1. The van der Waals surface area contributed by atoms with E-state index in [-0.39, 0.29) is 6.03 Å². The van der Waals surface area contributed by atoms with Gasteiger partial charge in [0.15, 0.2) is 0 Å². The first-order valence-electron chi connectivity index (χ1n) is 6.99. The van der Waals surface area contributed by atoms with Crippen molar-refractivity contribution in [1.29, 1.82) is 0 Å². The average molecular weight is 316 g/mol. The van der Waals surface area contributed by atoms with Crippen LogP contribution in [0.5, 0.6) is 5.75 Å². The van der Waals surface area contributed by atoms with Gasteiger partial charge in [0.1, 0.15) is 5.75 Å². The van der Waals surface area contributed by atoms with Crippen LogP contribution in [0.25, 0.3) is 0 Å². The van der Waals surface area contributed by atoms with Crippen LogP contribution < -0.4 is 15.4 Å². The zero-order chi connectivity index (χ0) is 15.8. The molecule has 2 aromatic rings. The minimum Gasteiger partial charge on any atom is -0.496 e. The van der Waals surface area contributed by atoms with Gasteiger partial charge in [-0.3, -0.25) is 0 Å². The van der Waals surface area contributed by atoms with Gasteiger partial charge in [-0.05, 0) is 30.0 Å². The number of hydrogen-bond donors (Lipinski definition) is 2. The smallest absolute Gasteiger partial charge is 0.315 e. The second-order valence-corrected chi connectivity index (χ2v) is 5.58. The second kappa shape index (κ2) is 8.34. The van der Waals surface area contributed by atoms with E-state index < -0.39 is 0 Å². The number of para-hydroxylation sites is 1. The van der Waals surface area contributed by atoms with Crippen LogP contribution in [-0.2, 0) is 13.1 Å². The molecule has 0 bridgehead atoms. The van der Waals surface area contributed by atoms with E-state index in [0.29, 0.717) is 13.1 Å². The fourth-order valence-electron chi connectivity index (χ4n) is 2.01.